The number of rotatable bonds is 5. The molecule has 2 aromatic heterocycles. The Morgan fingerprint density at radius 3 is 2.43 bits per heavy atom. The number of aromatic amines is 1. The Hall–Kier alpha value is -3.34. The molecule has 186 valence electrons. The summed E-state index contributed by atoms with van der Waals surface area (Å²) in [4.78, 5) is 36.7. The summed E-state index contributed by atoms with van der Waals surface area (Å²) in [5.41, 5.74) is 1.56. The largest absolute Gasteiger partial charge is 0.354 e. The summed E-state index contributed by atoms with van der Waals surface area (Å²) in [6.07, 6.45) is 5.09. The number of hydrogen-bond donors (Lipinski definition) is 2. The highest BCUT2D eigenvalue weighted by Gasteiger charge is 2.29. The average Bonchev–Trinajstić information content (AvgIpc) is 3.15. The molecule has 2 amide bonds. The number of pyridine rings is 1. The third-order valence-electron chi connectivity index (χ3n) is 6.13. The second-order valence-electron chi connectivity index (χ2n) is 9.22. The van der Waals surface area contributed by atoms with Crippen LogP contribution in [0.5, 0.6) is 0 Å². The number of halogens is 1. The van der Waals surface area contributed by atoms with Crippen molar-refractivity contribution in [3.63, 3.8) is 0 Å². The number of fused-ring (bicyclic) bond motifs is 1. The van der Waals surface area contributed by atoms with Crippen LogP contribution in [0.2, 0.25) is 0 Å². The summed E-state index contributed by atoms with van der Waals surface area (Å²) in [6, 6.07) is 6.52. The molecular weight excluding hydrogens is 473 g/mol. The molecule has 0 aliphatic heterocycles. The van der Waals surface area contributed by atoms with Gasteiger partial charge in [-0.2, -0.15) is 4.99 Å². The SMILES string of the molecule is CC(C)NC(=O)C1CCC(n2/c(=N/C(=O)c3ccc(F)cc3)[nH]c3cnc(S(C)(=O)=O)cc32)CC1. The standard InChI is InChI=1S/C24H28FN5O4S/c1-14(2)27-22(31)16-6-10-18(11-7-16)30-20-12-21(35(3,33)34)26-13-19(20)28-24(30)29-23(32)15-4-8-17(25)9-5-15/h4-5,8-9,12-14,16,18H,6-7,10-11H2,1-3H3,(H,27,31)(H,28,29,32). The van der Waals surface area contributed by atoms with Gasteiger partial charge in [-0.1, -0.05) is 0 Å². The predicted octanol–water partition coefficient (Wildman–Crippen LogP) is 2.90. The second-order valence-corrected chi connectivity index (χ2v) is 11.2. The molecule has 2 heterocycles. The van der Waals surface area contributed by atoms with Gasteiger partial charge in [0, 0.05) is 35.9 Å². The van der Waals surface area contributed by atoms with E-state index in [4.69, 9.17) is 0 Å². The number of carbonyl (C=O) groups excluding carboxylic acids is 2. The van der Waals surface area contributed by atoms with Crippen molar-refractivity contribution >= 4 is 32.7 Å². The zero-order chi connectivity index (χ0) is 25.3. The van der Waals surface area contributed by atoms with Crippen molar-refractivity contribution in [3.8, 4) is 0 Å². The Morgan fingerprint density at radius 2 is 1.83 bits per heavy atom. The summed E-state index contributed by atoms with van der Waals surface area (Å²) in [5.74, 6) is -1.09. The van der Waals surface area contributed by atoms with Crippen LogP contribution in [0.1, 0.15) is 55.9 Å². The summed E-state index contributed by atoms with van der Waals surface area (Å²) in [7, 11) is -3.56. The van der Waals surface area contributed by atoms with Crippen molar-refractivity contribution in [2.24, 2.45) is 10.9 Å². The number of sulfone groups is 1. The van der Waals surface area contributed by atoms with Crippen molar-refractivity contribution < 1.29 is 22.4 Å². The van der Waals surface area contributed by atoms with Crippen molar-refractivity contribution in [2.45, 2.75) is 56.6 Å². The van der Waals surface area contributed by atoms with E-state index in [2.05, 4.69) is 20.3 Å². The number of H-pyrrole nitrogens is 1. The number of amides is 2. The molecule has 3 aromatic rings. The van der Waals surface area contributed by atoms with Crippen LogP contribution in [-0.2, 0) is 14.6 Å². The normalized spacial score (nSPS) is 19.3. The predicted molar refractivity (Wildman–Crippen MR) is 128 cm³/mol. The number of carbonyl (C=O) groups is 2. The number of hydrogen-bond acceptors (Lipinski definition) is 5. The molecule has 1 saturated carbocycles. The molecule has 1 fully saturated rings. The first-order chi connectivity index (χ1) is 16.5. The van der Waals surface area contributed by atoms with Crippen LogP contribution in [-0.4, -0.2) is 47.1 Å². The van der Waals surface area contributed by atoms with E-state index in [9.17, 15) is 22.4 Å². The molecule has 1 aliphatic rings. The highest BCUT2D eigenvalue weighted by Crippen LogP contribution is 2.33. The van der Waals surface area contributed by atoms with E-state index in [1.807, 2.05) is 18.4 Å². The number of benzene rings is 1. The molecule has 0 unspecified atom stereocenters. The molecule has 1 aromatic carbocycles. The Labute approximate surface area is 202 Å². The van der Waals surface area contributed by atoms with Crippen LogP contribution in [0, 0.1) is 11.7 Å². The maximum Gasteiger partial charge on any atom is 0.280 e. The smallest absolute Gasteiger partial charge is 0.280 e. The monoisotopic (exact) mass is 501 g/mol. The van der Waals surface area contributed by atoms with Gasteiger partial charge in [0.2, 0.25) is 11.5 Å². The Bertz CT molecular complexity index is 1430. The van der Waals surface area contributed by atoms with E-state index in [0.717, 1.165) is 6.26 Å². The molecule has 0 radical (unpaired) electrons. The van der Waals surface area contributed by atoms with Gasteiger partial charge in [-0.05, 0) is 63.8 Å². The summed E-state index contributed by atoms with van der Waals surface area (Å²) in [6.45, 7) is 3.84. The van der Waals surface area contributed by atoms with Crippen LogP contribution in [0.3, 0.4) is 0 Å². The van der Waals surface area contributed by atoms with Crippen molar-refractivity contribution in [1.82, 2.24) is 19.9 Å². The summed E-state index contributed by atoms with van der Waals surface area (Å²) < 4.78 is 39.4. The van der Waals surface area contributed by atoms with Gasteiger partial charge >= 0.3 is 0 Å². The van der Waals surface area contributed by atoms with Crippen LogP contribution >= 0.6 is 0 Å². The molecule has 0 saturated heterocycles. The molecule has 2 N–H and O–H groups in total. The van der Waals surface area contributed by atoms with E-state index in [0.29, 0.717) is 36.7 Å². The number of nitrogens with one attached hydrogen (secondary N) is 2. The Balaban J connectivity index is 1.75. The maximum atomic E-state index is 13.3. The number of aromatic nitrogens is 3. The molecule has 4 rings (SSSR count). The third-order valence-corrected chi connectivity index (χ3v) is 7.12. The van der Waals surface area contributed by atoms with Gasteiger partial charge in [0.15, 0.2) is 14.9 Å². The van der Waals surface area contributed by atoms with Crippen molar-refractivity contribution in [1.29, 1.82) is 0 Å². The second kappa shape index (κ2) is 9.73. The first-order valence-corrected chi connectivity index (χ1v) is 13.4. The minimum absolute atomic E-state index is 0.0299. The molecule has 35 heavy (non-hydrogen) atoms. The molecule has 0 spiro atoms. The van der Waals surface area contributed by atoms with Gasteiger partial charge < -0.3 is 14.9 Å². The minimum Gasteiger partial charge on any atom is -0.354 e. The van der Waals surface area contributed by atoms with E-state index in [1.165, 1.54) is 36.5 Å². The quantitative estimate of drug-likeness (QED) is 0.556. The number of imidazole rings is 1. The lowest BCUT2D eigenvalue weighted by molar-refractivity contribution is -0.126. The fourth-order valence-corrected chi connectivity index (χ4v) is 4.99. The number of nitrogens with zero attached hydrogens (tertiary/aromatic N) is 3. The zero-order valence-corrected chi connectivity index (χ0v) is 20.6. The van der Waals surface area contributed by atoms with Crippen molar-refractivity contribution in [2.75, 3.05) is 6.26 Å². The fraction of sp³-hybridized carbons (Fsp3) is 0.417. The maximum absolute atomic E-state index is 13.3. The molecule has 0 bridgehead atoms. The molecule has 9 nitrogen and oxygen atoms in total. The summed E-state index contributed by atoms with van der Waals surface area (Å²) >= 11 is 0. The van der Waals surface area contributed by atoms with Gasteiger partial charge in [-0.25, -0.2) is 17.8 Å². The lowest BCUT2D eigenvalue weighted by atomic mass is 9.85. The minimum atomic E-state index is -3.56. The molecule has 11 heteroatoms. The lowest BCUT2D eigenvalue weighted by Crippen LogP contribution is -2.38. The van der Waals surface area contributed by atoms with Gasteiger partial charge in [-0.15, -0.1) is 0 Å². The van der Waals surface area contributed by atoms with Gasteiger partial charge in [0.1, 0.15) is 5.82 Å². The van der Waals surface area contributed by atoms with E-state index < -0.39 is 21.6 Å². The molecule has 0 atom stereocenters. The van der Waals surface area contributed by atoms with Crippen molar-refractivity contribution in [3.05, 3.63) is 53.5 Å². The van der Waals surface area contributed by atoms with Gasteiger partial charge in [0.05, 0.1) is 17.2 Å². The fourth-order valence-electron chi connectivity index (χ4n) is 4.42. The van der Waals surface area contributed by atoms with Gasteiger partial charge in [-0.3, -0.25) is 9.59 Å². The zero-order valence-electron chi connectivity index (χ0n) is 19.8. The van der Waals surface area contributed by atoms with Gasteiger partial charge in [0.25, 0.3) is 5.91 Å². The van der Waals surface area contributed by atoms with Crippen LogP contribution < -0.4 is 10.9 Å². The van der Waals surface area contributed by atoms with E-state index >= 15 is 0 Å². The van der Waals surface area contributed by atoms with E-state index in [1.54, 1.807) is 0 Å². The lowest BCUT2D eigenvalue weighted by Gasteiger charge is -2.29. The van der Waals surface area contributed by atoms with Crippen LogP contribution in [0.25, 0.3) is 11.0 Å². The first kappa shape index (κ1) is 24.8. The van der Waals surface area contributed by atoms with E-state index in [-0.39, 0.29) is 40.1 Å². The molecule has 1 aliphatic carbocycles. The Morgan fingerprint density at radius 1 is 1.17 bits per heavy atom. The third kappa shape index (κ3) is 5.50. The first-order valence-electron chi connectivity index (χ1n) is 11.5. The Kier molecular flexibility index (Phi) is 6.88. The summed E-state index contributed by atoms with van der Waals surface area (Å²) in [5, 5.41) is 2.87. The van der Waals surface area contributed by atoms with Crippen LogP contribution in [0.15, 0.2) is 46.5 Å². The highest BCUT2D eigenvalue weighted by molar-refractivity contribution is 7.90. The molecular formula is C24H28FN5O4S. The van der Waals surface area contributed by atoms with Crippen LogP contribution in [0.4, 0.5) is 4.39 Å². The highest BCUT2D eigenvalue weighted by atomic mass is 32.2. The topological polar surface area (TPSA) is 126 Å². The average molecular weight is 502 g/mol.